The van der Waals surface area contributed by atoms with Gasteiger partial charge in [0.2, 0.25) is 10.0 Å². The molecule has 1 N–H and O–H groups in total. The smallest absolute Gasteiger partial charge is 0.325 e. The minimum Gasteiger partial charge on any atom is -0.496 e. The molecule has 0 unspecified atom stereocenters. The fraction of sp³-hybridized carbons (Fsp3) is 0.400. The van der Waals surface area contributed by atoms with Crippen molar-refractivity contribution in [2.24, 2.45) is 0 Å². The zero-order valence-electron chi connectivity index (χ0n) is 19.8. The predicted octanol–water partition coefficient (Wildman–Crippen LogP) is 2.61. The van der Waals surface area contributed by atoms with Crippen molar-refractivity contribution >= 4 is 27.7 Å². The molecule has 2 aliphatic rings. The average Bonchev–Trinajstić information content (AvgIpc) is 3.07. The number of methoxy groups -OCH3 is 1. The number of amides is 3. The van der Waals surface area contributed by atoms with Gasteiger partial charge in [0.25, 0.3) is 5.91 Å². The number of carbonyl (C=O) groups is 3. The van der Waals surface area contributed by atoms with E-state index in [2.05, 4.69) is 5.32 Å². The number of benzene rings is 2. The first-order chi connectivity index (χ1) is 16.7. The molecule has 2 aromatic rings. The van der Waals surface area contributed by atoms with Crippen LogP contribution >= 0.6 is 0 Å². The zero-order valence-corrected chi connectivity index (χ0v) is 20.6. The summed E-state index contributed by atoms with van der Waals surface area (Å²) in [6, 6.07) is 12.2. The third-order valence-corrected chi connectivity index (χ3v) is 8.43. The molecule has 2 heterocycles. The van der Waals surface area contributed by atoms with Gasteiger partial charge < -0.3 is 10.1 Å². The zero-order chi connectivity index (χ0) is 25.2. The number of ketones is 1. The average molecular weight is 500 g/mol. The summed E-state index contributed by atoms with van der Waals surface area (Å²) >= 11 is 0. The van der Waals surface area contributed by atoms with E-state index in [-0.39, 0.29) is 16.9 Å². The van der Waals surface area contributed by atoms with Crippen LogP contribution in [0.2, 0.25) is 0 Å². The van der Waals surface area contributed by atoms with Crippen LogP contribution < -0.4 is 10.1 Å². The van der Waals surface area contributed by atoms with Crippen molar-refractivity contribution in [2.45, 2.75) is 43.0 Å². The summed E-state index contributed by atoms with van der Waals surface area (Å²) in [5.74, 6) is -0.368. The number of sulfonamides is 1. The van der Waals surface area contributed by atoms with Crippen LogP contribution in [0.15, 0.2) is 53.4 Å². The largest absolute Gasteiger partial charge is 0.496 e. The Morgan fingerprint density at radius 2 is 1.69 bits per heavy atom. The molecule has 3 amide bonds. The molecule has 2 saturated heterocycles. The van der Waals surface area contributed by atoms with Crippen molar-refractivity contribution in [2.75, 3.05) is 26.7 Å². The highest BCUT2D eigenvalue weighted by Gasteiger charge is 2.48. The number of urea groups is 1. The Kier molecular flexibility index (Phi) is 6.95. The van der Waals surface area contributed by atoms with E-state index in [1.165, 1.54) is 35.7 Å². The molecular weight excluding hydrogens is 470 g/mol. The summed E-state index contributed by atoms with van der Waals surface area (Å²) in [6.07, 6.45) is 2.88. The lowest BCUT2D eigenvalue weighted by Gasteiger charge is -2.25. The predicted molar refractivity (Wildman–Crippen MR) is 129 cm³/mol. The monoisotopic (exact) mass is 499 g/mol. The van der Waals surface area contributed by atoms with Crippen molar-refractivity contribution in [3.63, 3.8) is 0 Å². The number of imide groups is 1. The Morgan fingerprint density at radius 1 is 1.03 bits per heavy atom. The van der Waals surface area contributed by atoms with Crippen LogP contribution in [0.1, 0.15) is 42.1 Å². The van der Waals surface area contributed by atoms with Crippen molar-refractivity contribution in [1.82, 2.24) is 14.5 Å². The third kappa shape index (κ3) is 4.94. The molecule has 0 radical (unpaired) electrons. The molecule has 0 aliphatic carbocycles. The Balaban J connectivity index is 1.46. The molecule has 0 spiro atoms. The van der Waals surface area contributed by atoms with Gasteiger partial charge in [-0.2, -0.15) is 4.31 Å². The van der Waals surface area contributed by atoms with Crippen molar-refractivity contribution < 1.29 is 27.5 Å². The molecule has 2 fully saturated rings. The minimum absolute atomic E-state index is 0.121. The van der Waals surface area contributed by atoms with Gasteiger partial charge >= 0.3 is 6.03 Å². The van der Waals surface area contributed by atoms with Crippen LogP contribution in [0.25, 0.3) is 0 Å². The second-order valence-electron chi connectivity index (χ2n) is 9.05. The number of rotatable bonds is 8. The lowest BCUT2D eigenvalue weighted by Crippen LogP contribution is -2.46. The molecule has 0 saturated carbocycles. The fourth-order valence-electron chi connectivity index (χ4n) is 4.54. The summed E-state index contributed by atoms with van der Waals surface area (Å²) in [6.45, 7) is 2.15. The number of carbonyl (C=O) groups excluding carboxylic acids is 3. The Morgan fingerprint density at radius 3 is 2.34 bits per heavy atom. The third-order valence-electron chi connectivity index (χ3n) is 6.51. The number of piperidine rings is 1. The number of ether oxygens (including phenoxy) is 1. The molecule has 186 valence electrons. The highest BCUT2D eigenvalue weighted by atomic mass is 32.2. The molecule has 10 heteroatoms. The SMILES string of the molecule is COc1ccccc1C[C@]1(C)NC(=O)N(CC(=O)c2ccc(S(=O)(=O)N3CCCCC3)cc2)C1=O. The van der Waals surface area contributed by atoms with Crippen LogP contribution in [0, 0.1) is 0 Å². The molecule has 1 atom stereocenters. The van der Waals surface area contributed by atoms with Crippen molar-refractivity contribution in [3.8, 4) is 5.75 Å². The highest BCUT2D eigenvalue weighted by Crippen LogP contribution is 2.28. The summed E-state index contributed by atoms with van der Waals surface area (Å²) in [7, 11) is -2.08. The summed E-state index contributed by atoms with van der Waals surface area (Å²) in [5.41, 5.74) is -0.246. The van der Waals surface area contributed by atoms with Crippen LogP contribution in [-0.2, 0) is 21.2 Å². The first kappa shape index (κ1) is 24.9. The number of Topliss-reactive ketones (excluding diaryl/α,β-unsaturated/α-hetero) is 1. The fourth-order valence-corrected chi connectivity index (χ4v) is 6.06. The van der Waals surface area contributed by atoms with Crippen LogP contribution in [0.5, 0.6) is 5.75 Å². The Labute approximate surface area is 205 Å². The van der Waals surface area contributed by atoms with Crippen molar-refractivity contribution in [1.29, 1.82) is 0 Å². The summed E-state index contributed by atoms with van der Waals surface area (Å²) < 4.78 is 32.5. The van der Waals surface area contributed by atoms with Gasteiger partial charge in [0.15, 0.2) is 5.78 Å². The minimum atomic E-state index is -3.61. The molecule has 0 aromatic heterocycles. The van der Waals surface area contributed by atoms with E-state index < -0.39 is 39.8 Å². The summed E-state index contributed by atoms with van der Waals surface area (Å²) in [4.78, 5) is 39.6. The van der Waals surface area contributed by atoms with Gasteiger partial charge in [-0.1, -0.05) is 24.6 Å². The van der Waals surface area contributed by atoms with E-state index in [4.69, 9.17) is 4.74 Å². The lowest BCUT2D eigenvalue weighted by molar-refractivity contribution is -0.130. The van der Waals surface area contributed by atoms with Gasteiger partial charge in [-0.25, -0.2) is 13.2 Å². The van der Waals surface area contributed by atoms with Gasteiger partial charge in [0, 0.05) is 25.1 Å². The molecule has 0 bridgehead atoms. The number of hydrogen-bond acceptors (Lipinski definition) is 6. The second-order valence-corrected chi connectivity index (χ2v) is 11.0. The molecule has 2 aliphatic heterocycles. The molecule has 9 nitrogen and oxygen atoms in total. The normalized spacial score (nSPS) is 21.1. The van der Waals surface area contributed by atoms with Gasteiger partial charge in [-0.15, -0.1) is 0 Å². The van der Waals surface area contributed by atoms with Gasteiger partial charge in [0.1, 0.15) is 11.3 Å². The number of para-hydroxylation sites is 1. The van der Waals surface area contributed by atoms with Crippen molar-refractivity contribution in [3.05, 3.63) is 59.7 Å². The van der Waals surface area contributed by atoms with Gasteiger partial charge in [0.05, 0.1) is 18.6 Å². The molecular formula is C25H29N3O6S. The van der Waals surface area contributed by atoms with Crippen LogP contribution in [0.4, 0.5) is 4.79 Å². The highest BCUT2D eigenvalue weighted by molar-refractivity contribution is 7.89. The van der Waals surface area contributed by atoms with E-state index in [0.29, 0.717) is 18.8 Å². The maximum atomic E-state index is 13.1. The van der Waals surface area contributed by atoms with E-state index in [1.54, 1.807) is 13.0 Å². The van der Waals surface area contributed by atoms with Gasteiger partial charge in [-0.3, -0.25) is 14.5 Å². The number of nitrogens with zero attached hydrogens (tertiary/aromatic N) is 2. The standard InChI is InChI=1S/C25H29N3O6S/c1-25(16-19-8-4-5-9-22(19)34-2)23(30)28(24(31)26-25)17-21(29)18-10-12-20(13-11-18)35(32,33)27-14-6-3-7-15-27/h4-5,8-13H,3,6-7,14-17H2,1-2H3,(H,26,31)/t25-/m0/s1. The van der Waals surface area contributed by atoms with E-state index in [0.717, 1.165) is 29.7 Å². The van der Waals surface area contributed by atoms with Gasteiger partial charge in [-0.05, 0) is 55.7 Å². The topological polar surface area (TPSA) is 113 Å². The number of nitrogens with one attached hydrogen (secondary N) is 1. The second kappa shape index (κ2) is 9.79. The maximum absolute atomic E-state index is 13.1. The van der Waals surface area contributed by atoms with E-state index in [1.807, 2.05) is 18.2 Å². The maximum Gasteiger partial charge on any atom is 0.325 e. The first-order valence-electron chi connectivity index (χ1n) is 11.6. The van der Waals surface area contributed by atoms with Crippen LogP contribution in [-0.4, -0.2) is 67.6 Å². The number of hydrogen-bond donors (Lipinski definition) is 1. The molecule has 4 rings (SSSR count). The molecule has 35 heavy (non-hydrogen) atoms. The Hall–Kier alpha value is -3.24. The molecule has 2 aromatic carbocycles. The summed E-state index contributed by atoms with van der Waals surface area (Å²) in [5, 5.41) is 2.70. The van der Waals surface area contributed by atoms with E-state index >= 15 is 0 Å². The van der Waals surface area contributed by atoms with Crippen LogP contribution in [0.3, 0.4) is 0 Å². The van der Waals surface area contributed by atoms with E-state index in [9.17, 15) is 22.8 Å². The quantitative estimate of drug-likeness (QED) is 0.441. The first-order valence-corrected chi connectivity index (χ1v) is 13.0. The Bertz CT molecular complexity index is 1240. The lowest BCUT2D eigenvalue weighted by atomic mass is 9.92.